The van der Waals surface area contributed by atoms with Gasteiger partial charge in [-0.3, -0.25) is 14.7 Å². The SMILES string of the molecule is COc1ccc2c(c1)c(C=C1Oc3ccc(NC(=O)Nc4cccnc4)cc3C1=O)c(C1CCCC1)n2CCN1CCN(C)CC1. The van der Waals surface area contributed by atoms with Crippen molar-refractivity contribution in [1.29, 1.82) is 0 Å². The van der Waals surface area contributed by atoms with E-state index in [1.54, 1.807) is 49.8 Å². The quantitative estimate of drug-likeness (QED) is 0.226. The number of carbonyl (C=O) groups excluding carboxylic acids is 2. The second-order valence-electron chi connectivity index (χ2n) is 12.4. The third kappa shape index (κ3) is 6.10. The summed E-state index contributed by atoms with van der Waals surface area (Å²) in [5, 5.41) is 6.62. The Kier molecular flexibility index (Phi) is 8.47. The summed E-state index contributed by atoms with van der Waals surface area (Å²) in [4.78, 5) is 35.4. The summed E-state index contributed by atoms with van der Waals surface area (Å²) in [6, 6.07) is 14.5. The molecule has 4 heterocycles. The molecule has 2 aromatic carbocycles. The van der Waals surface area contributed by atoms with Crippen molar-refractivity contribution in [2.75, 3.05) is 57.5 Å². The molecule has 0 spiro atoms. The molecular weight excluding hydrogens is 580 g/mol. The van der Waals surface area contributed by atoms with Crippen molar-refractivity contribution in [3.63, 3.8) is 0 Å². The van der Waals surface area contributed by atoms with Crippen molar-refractivity contribution in [2.24, 2.45) is 0 Å². The molecule has 2 amide bonds. The molecule has 0 radical (unpaired) electrons. The molecule has 2 N–H and O–H groups in total. The van der Waals surface area contributed by atoms with E-state index in [1.807, 2.05) is 12.1 Å². The number of urea groups is 1. The first-order chi connectivity index (χ1) is 22.5. The zero-order chi connectivity index (χ0) is 31.6. The smallest absolute Gasteiger partial charge is 0.323 e. The maximum atomic E-state index is 13.8. The molecule has 238 valence electrons. The topological polar surface area (TPSA) is 101 Å². The minimum Gasteiger partial charge on any atom is -0.497 e. The molecule has 0 unspecified atom stereocenters. The molecular formula is C36H40N6O4. The predicted molar refractivity (Wildman–Crippen MR) is 180 cm³/mol. The van der Waals surface area contributed by atoms with E-state index in [0.717, 1.165) is 74.3 Å². The highest BCUT2D eigenvalue weighted by atomic mass is 16.5. The average Bonchev–Trinajstić information content (AvgIpc) is 3.78. The number of rotatable bonds is 8. The Morgan fingerprint density at radius 1 is 1.02 bits per heavy atom. The molecule has 2 aromatic heterocycles. The van der Waals surface area contributed by atoms with E-state index >= 15 is 0 Å². The van der Waals surface area contributed by atoms with Crippen LogP contribution in [-0.2, 0) is 6.54 Å². The molecule has 1 saturated heterocycles. The summed E-state index contributed by atoms with van der Waals surface area (Å²) < 4.78 is 14.3. The van der Waals surface area contributed by atoms with Crippen molar-refractivity contribution in [3.8, 4) is 11.5 Å². The lowest BCUT2D eigenvalue weighted by Gasteiger charge is -2.32. The van der Waals surface area contributed by atoms with E-state index in [4.69, 9.17) is 9.47 Å². The Labute approximate surface area is 269 Å². The number of aromatic nitrogens is 2. The highest BCUT2D eigenvalue weighted by Gasteiger charge is 2.31. The van der Waals surface area contributed by atoms with Crippen molar-refractivity contribution in [2.45, 2.75) is 38.1 Å². The van der Waals surface area contributed by atoms with Gasteiger partial charge in [-0.15, -0.1) is 0 Å². The number of ketones is 1. The van der Waals surface area contributed by atoms with Gasteiger partial charge in [-0.05, 0) is 80.4 Å². The molecule has 3 aliphatic rings. The number of pyridine rings is 1. The highest BCUT2D eigenvalue weighted by Crippen LogP contribution is 2.43. The lowest BCUT2D eigenvalue weighted by Crippen LogP contribution is -2.45. The van der Waals surface area contributed by atoms with Crippen LogP contribution < -0.4 is 20.1 Å². The number of carbonyl (C=O) groups is 2. The number of likely N-dealkylation sites (N-methyl/N-ethyl adjacent to an activating group) is 1. The molecule has 0 bridgehead atoms. The minimum atomic E-state index is -0.422. The first-order valence-electron chi connectivity index (χ1n) is 16.1. The molecule has 46 heavy (non-hydrogen) atoms. The monoisotopic (exact) mass is 620 g/mol. The van der Waals surface area contributed by atoms with Gasteiger partial charge in [0.1, 0.15) is 11.5 Å². The molecule has 10 heteroatoms. The van der Waals surface area contributed by atoms with Crippen molar-refractivity contribution >= 4 is 40.2 Å². The number of amides is 2. The number of benzene rings is 2. The zero-order valence-electron chi connectivity index (χ0n) is 26.4. The second kappa shape index (κ2) is 13.0. The number of anilines is 2. The summed E-state index contributed by atoms with van der Waals surface area (Å²) in [7, 11) is 3.87. The van der Waals surface area contributed by atoms with Crippen molar-refractivity contribution < 1.29 is 19.1 Å². The summed E-state index contributed by atoms with van der Waals surface area (Å²) in [5.41, 5.74) is 4.95. The van der Waals surface area contributed by atoms with Crippen LogP contribution >= 0.6 is 0 Å². The fourth-order valence-electron chi connectivity index (χ4n) is 6.98. The average molecular weight is 621 g/mol. The number of nitrogens with zero attached hydrogens (tertiary/aromatic N) is 4. The van der Waals surface area contributed by atoms with E-state index in [-0.39, 0.29) is 11.5 Å². The number of hydrogen-bond donors (Lipinski definition) is 2. The number of Topliss-reactive ketones (excluding diaryl/α,β-unsaturated/α-hetero) is 1. The van der Waals surface area contributed by atoms with Crippen LogP contribution in [0.25, 0.3) is 17.0 Å². The molecule has 4 aromatic rings. The summed E-state index contributed by atoms with van der Waals surface area (Å²) >= 11 is 0. The Hall–Kier alpha value is -4.67. The van der Waals surface area contributed by atoms with Crippen LogP contribution in [0.4, 0.5) is 16.2 Å². The first-order valence-corrected chi connectivity index (χ1v) is 16.1. The zero-order valence-corrected chi connectivity index (χ0v) is 26.4. The van der Waals surface area contributed by atoms with E-state index in [0.29, 0.717) is 28.6 Å². The number of hydrogen-bond acceptors (Lipinski definition) is 7. The van der Waals surface area contributed by atoms with Gasteiger partial charge in [0.2, 0.25) is 5.78 Å². The van der Waals surface area contributed by atoms with Gasteiger partial charge in [0.25, 0.3) is 0 Å². The molecule has 10 nitrogen and oxygen atoms in total. The van der Waals surface area contributed by atoms with Crippen LogP contribution in [0.3, 0.4) is 0 Å². The Bertz CT molecular complexity index is 1790. The van der Waals surface area contributed by atoms with Crippen LogP contribution in [0.1, 0.15) is 53.2 Å². The number of piperazine rings is 1. The molecule has 1 saturated carbocycles. The van der Waals surface area contributed by atoms with E-state index in [9.17, 15) is 9.59 Å². The van der Waals surface area contributed by atoms with Gasteiger partial charge >= 0.3 is 6.03 Å². The Morgan fingerprint density at radius 3 is 2.59 bits per heavy atom. The number of ether oxygens (including phenoxy) is 2. The summed E-state index contributed by atoms with van der Waals surface area (Å²) in [6.07, 6.45) is 9.80. The molecule has 0 atom stereocenters. The summed E-state index contributed by atoms with van der Waals surface area (Å²) in [6.45, 7) is 6.17. The van der Waals surface area contributed by atoms with Crippen LogP contribution in [-0.4, -0.2) is 78.0 Å². The van der Waals surface area contributed by atoms with Crippen LogP contribution in [0, 0.1) is 0 Å². The van der Waals surface area contributed by atoms with Crippen molar-refractivity contribution in [1.82, 2.24) is 19.4 Å². The highest BCUT2D eigenvalue weighted by molar-refractivity contribution is 6.16. The number of fused-ring (bicyclic) bond motifs is 2. The van der Waals surface area contributed by atoms with Gasteiger partial charge in [0, 0.05) is 73.3 Å². The van der Waals surface area contributed by atoms with Crippen LogP contribution in [0.2, 0.25) is 0 Å². The van der Waals surface area contributed by atoms with E-state index < -0.39 is 6.03 Å². The fraction of sp³-hybridized carbons (Fsp3) is 0.361. The van der Waals surface area contributed by atoms with Gasteiger partial charge in [0.05, 0.1) is 24.6 Å². The number of nitrogens with one attached hydrogen (secondary N) is 2. The fourth-order valence-corrected chi connectivity index (χ4v) is 6.98. The van der Waals surface area contributed by atoms with Crippen LogP contribution in [0.15, 0.2) is 66.7 Å². The lowest BCUT2D eigenvalue weighted by molar-refractivity contribution is 0.101. The van der Waals surface area contributed by atoms with Crippen LogP contribution in [0.5, 0.6) is 11.5 Å². The molecule has 1 aliphatic carbocycles. The molecule has 2 aliphatic heterocycles. The summed E-state index contributed by atoms with van der Waals surface area (Å²) in [5.74, 6) is 1.75. The normalized spacial score (nSPS) is 18.2. The standard InChI is InChI=1S/C36H40N6O4/c1-40-14-16-41(17-15-40)18-19-42-31-11-10-27(45-2)21-28(31)29(34(42)24-6-3-4-7-24)22-33-35(43)30-20-25(9-12-32(30)46-33)38-36(44)39-26-8-5-13-37-23-26/h5,8-13,20-24H,3-4,6-7,14-19H2,1-2H3,(H2,38,39,44). The van der Waals surface area contributed by atoms with Gasteiger partial charge in [-0.1, -0.05) is 12.8 Å². The third-order valence-electron chi connectivity index (χ3n) is 9.45. The van der Waals surface area contributed by atoms with Gasteiger partial charge in [-0.25, -0.2) is 4.79 Å². The predicted octanol–water partition coefficient (Wildman–Crippen LogP) is 6.21. The minimum absolute atomic E-state index is 0.204. The second-order valence-corrected chi connectivity index (χ2v) is 12.4. The third-order valence-corrected chi connectivity index (χ3v) is 9.45. The van der Waals surface area contributed by atoms with Crippen molar-refractivity contribution in [3.05, 3.63) is 83.5 Å². The van der Waals surface area contributed by atoms with Gasteiger partial charge in [0.15, 0.2) is 5.76 Å². The Balaban J connectivity index is 1.21. The van der Waals surface area contributed by atoms with Gasteiger partial charge in [-0.2, -0.15) is 0 Å². The Morgan fingerprint density at radius 2 is 1.83 bits per heavy atom. The largest absolute Gasteiger partial charge is 0.497 e. The molecule has 7 rings (SSSR count). The number of allylic oxidation sites excluding steroid dienone is 1. The maximum Gasteiger partial charge on any atom is 0.323 e. The maximum absolute atomic E-state index is 13.8. The lowest BCUT2D eigenvalue weighted by atomic mass is 9.97. The first kappa shape index (κ1) is 30.0. The van der Waals surface area contributed by atoms with E-state index in [2.05, 4.69) is 49.2 Å². The number of methoxy groups -OCH3 is 1. The molecule has 2 fully saturated rings. The van der Waals surface area contributed by atoms with E-state index in [1.165, 1.54) is 18.5 Å². The van der Waals surface area contributed by atoms with Gasteiger partial charge < -0.3 is 29.6 Å².